The lowest BCUT2D eigenvalue weighted by Crippen LogP contribution is -2.20. The molecule has 0 spiro atoms. The van der Waals surface area contributed by atoms with E-state index in [2.05, 4.69) is 5.10 Å². The summed E-state index contributed by atoms with van der Waals surface area (Å²) < 4.78 is 25.4. The first-order valence-corrected chi connectivity index (χ1v) is 10.9. The SMILES string of the molecule is Cc1nn(C2CCS(=O)(=O)C2)c(C)c1CN(C)c1ccc(C(N)=O)cc1[N+](=O)[O-]. The molecule has 1 aliphatic rings. The standard InChI is InChI=1S/C18H23N5O5S/c1-11-15(12(2)22(20-11)14-6-7-29(27,28)10-14)9-21(3)16-5-4-13(18(19)24)8-17(16)23(25)26/h4-5,8,14H,6-7,9-10H2,1-3H3,(H2,19,24). The summed E-state index contributed by atoms with van der Waals surface area (Å²) in [5, 5.41) is 16.0. The van der Waals surface area contributed by atoms with E-state index >= 15 is 0 Å². The fourth-order valence-corrected chi connectivity index (χ4v) is 5.41. The number of anilines is 1. The van der Waals surface area contributed by atoms with E-state index in [1.165, 1.54) is 18.2 Å². The van der Waals surface area contributed by atoms with Crippen LogP contribution in [0.25, 0.3) is 0 Å². The van der Waals surface area contributed by atoms with Crippen molar-refractivity contribution in [3.05, 3.63) is 50.8 Å². The summed E-state index contributed by atoms with van der Waals surface area (Å²) in [6.45, 7) is 4.05. The van der Waals surface area contributed by atoms with Crippen LogP contribution in [0.3, 0.4) is 0 Å². The summed E-state index contributed by atoms with van der Waals surface area (Å²) in [5.41, 5.74) is 7.88. The first kappa shape index (κ1) is 20.8. The van der Waals surface area contributed by atoms with E-state index in [0.717, 1.165) is 17.0 Å². The number of primary amides is 1. The molecule has 1 aliphatic heterocycles. The third-order valence-electron chi connectivity index (χ3n) is 5.29. The number of nitrogens with zero attached hydrogens (tertiary/aromatic N) is 4. The van der Waals surface area contributed by atoms with Crippen molar-refractivity contribution < 1.29 is 18.1 Å². The van der Waals surface area contributed by atoms with E-state index in [1.807, 2.05) is 13.8 Å². The van der Waals surface area contributed by atoms with Crippen LogP contribution in [0, 0.1) is 24.0 Å². The van der Waals surface area contributed by atoms with Crippen LogP contribution >= 0.6 is 0 Å². The van der Waals surface area contributed by atoms with Gasteiger partial charge in [0.05, 0.1) is 28.2 Å². The average Bonchev–Trinajstić information content (AvgIpc) is 3.14. The highest BCUT2D eigenvalue weighted by atomic mass is 32.2. The maximum absolute atomic E-state index is 11.8. The number of sulfone groups is 1. The smallest absolute Gasteiger partial charge is 0.293 e. The van der Waals surface area contributed by atoms with Gasteiger partial charge in [-0.15, -0.1) is 0 Å². The Balaban J connectivity index is 1.91. The Morgan fingerprint density at radius 1 is 1.41 bits per heavy atom. The number of benzene rings is 1. The second-order valence-corrected chi connectivity index (χ2v) is 9.56. The van der Waals surface area contributed by atoms with Crippen molar-refractivity contribution in [1.82, 2.24) is 9.78 Å². The monoisotopic (exact) mass is 421 g/mol. The third kappa shape index (κ3) is 4.09. The predicted octanol–water partition coefficient (Wildman–Crippen LogP) is 1.50. The van der Waals surface area contributed by atoms with Crippen LogP contribution in [0.5, 0.6) is 0 Å². The molecule has 2 N–H and O–H groups in total. The lowest BCUT2D eigenvalue weighted by atomic mass is 10.1. The molecular weight excluding hydrogens is 398 g/mol. The van der Waals surface area contributed by atoms with Gasteiger partial charge in [-0.05, 0) is 32.4 Å². The quantitative estimate of drug-likeness (QED) is 0.550. The molecule has 1 aromatic carbocycles. The number of rotatable bonds is 6. The van der Waals surface area contributed by atoms with Gasteiger partial charge < -0.3 is 10.6 Å². The van der Waals surface area contributed by atoms with Crippen molar-refractivity contribution in [2.75, 3.05) is 23.5 Å². The van der Waals surface area contributed by atoms with Crippen molar-refractivity contribution in [3.63, 3.8) is 0 Å². The Kier molecular flexibility index (Phi) is 5.35. The Morgan fingerprint density at radius 3 is 2.66 bits per heavy atom. The van der Waals surface area contributed by atoms with Gasteiger partial charge in [-0.2, -0.15) is 5.10 Å². The number of amides is 1. The molecule has 1 atom stereocenters. The van der Waals surface area contributed by atoms with Gasteiger partial charge in [0, 0.05) is 36.5 Å². The topological polar surface area (TPSA) is 141 Å². The van der Waals surface area contributed by atoms with Gasteiger partial charge in [0.2, 0.25) is 5.91 Å². The highest BCUT2D eigenvalue weighted by Gasteiger charge is 2.31. The molecule has 2 heterocycles. The Hall–Kier alpha value is -2.95. The van der Waals surface area contributed by atoms with E-state index in [4.69, 9.17) is 5.73 Å². The highest BCUT2D eigenvalue weighted by molar-refractivity contribution is 7.91. The van der Waals surface area contributed by atoms with E-state index in [-0.39, 0.29) is 28.8 Å². The van der Waals surface area contributed by atoms with Crippen LogP contribution in [0.4, 0.5) is 11.4 Å². The molecular formula is C18H23N5O5S. The Bertz CT molecular complexity index is 1090. The number of aryl methyl sites for hydroxylation is 1. The van der Waals surface area contributed by atoms with Crippen molar-refractivity contribution in [2.45, 2.75) is 32.9 Å². The molecule has 1 saturated heterocycles. The number of nitro benzene ring substituents is 1. The van der Waals surface area contributed by atoms with E-state index in [9.17, 15) is 23.3 Å². The van der Waals surface area contributed by atoms with Gasteiger partial charge >= 0.3 is 0 Å². The van der Waals surface area contributed by atoms with Gasteiger partial charge in [-0.25, -0.2) is 8.42 Å². The predicted molar refractivity (Wildman–Crippen MR) is 108 cm³/mol. The van der Waals surface area contributed by atoms with Crippen LogP contribution in [-0.4, -0.2) is 47.6 Å². The number of carbonyl (C=O) groups excluding carboxylic acids is 1. The zero-order valence-electron chi connectivity index (χ0n) is 16.5. The summed E-state index contributed by atoms with van der Waals surface area (Å²) in [6.07, 6.45) is 0.527. The summed E-state index contributed by atoms with van der Waals surface area (Å²) in [7, 11) is -1.33. The van der Waals surface area contributed by atoms with Gasteiger partial charge in [-0.1, -0.05) is 0 Å². The molecule has 2 aromatic rings. The molecule has 0 aliphatic carbocycles. The van der Waals surface area contributed by atoms with Crippen LogP contribution in [0.1, 0.15) is 39.8 Å². The molecule has 0 radical (unpaired) electrons. The summed E-state index contributed by atoms with van der Waals surface area (Å²) in [6, 6.07) is 3.92. The van der Waals surface area contributed by atoms with Crippen molar-refractivity contribution in [3.8, 4) is 0 Å². The largest absolute Gasteiger partial charge is 0.366 e. The summed E-state index contributed by atoms with van der Waals surface area (Å²) >= 11 is 0. The minimum Gasteiger partial charge on any atom is -0.366 e. The number of nitro groups is 1. The average molecular weight is 421 g/mol. The van der Waals surface area contributed by atoms with E-state index < -0.39 is 20.7 Å². The van der Waals surface area contributed by atoms with Gasteiger partial charge in [0.1, 0.15) is 5.69 Å². The molecule has 1 aromatic heterocycles. The second kappa shape index (κ2) is 7.47. The fraction of sp³-hybridized carbons (Fsp3) is 0.444. The molecule has 11 heteroatoms. The lowest BCUT2D eigenvalue weighted by molar-refractivity contribution is -0.384. The first-order chi connectivity index (χ1) is 13.5. The van der Waals surface area contributed by atoms with Gasteiger partial charge in [0.15, 0.2) is 9.84 Å². The Morgan fingerprint density at radius 2 is 2.10 bits per heavy atom. The van der Waals surface area contributed by atoms with Gasteiger partial charge in [0.25, 0.3) is 5.69 Å². The normalized spacial score (nSPS) is 18.0. The molecule has 156 valence electrons. The fourth-order valence-electron chi connectivity index (χ4n) is 3.72. The first-order valence-electron chi connectivity index (χ1n) is 9.04. The molecule has 1 fully saturated rings. The van der Waals surface area contributed by atoms with Crippen LogP contribution in [-0.2, 0) is 16.4 Å². The minimum atomic E-state index is -3.04. The van der Waals surface area contributed by atoms with E-state index in [1.54, 1.807) is 16.6 Å². The molecule has 3 rings (SSSR count). The number of aromatic nitrogens is 2. The molecule has 1 unspecified atom stereocenters. The number of nitrogens with two attached hydrogens (primary N) is 1. The molecule has 10 nitrogen and oxygen atoms in total. The maximum atomic E-state index is 11.8. The lowest BCUT2D eigenvalue weighted by Gasteiger charge is -2.20. The molecule has 0 saturated carbocycles. The van der Waals surface area contributed by atoms with Crippen LogP contribution < -0.4 is 10.6 Å². The molecule has 1 amide bonds. The zero-order chi connectivity index (χ0) is 21.5. The number of hydrogen-bond donors (Lipinski definition) is 1. The highest BCUT2D eigenvalue weighted by Crippen LogP contribution is 2.32. The Labute approximate surface area is 168 Å². The van der Waals surface area contributed by atoms with Crippen molar-refractivity contribution in [1.29, 1.82) is 0 Å². The summed E-state index contributed by atoms with van der Waals surface area (Å²) in [4.78, 5) is 24.0. The number of carbonyl (C=O) groups is 1. The maximum Gasteiger partial charge on any atom is 0.293 e. The molecule has 29 heavy (non-hydrogen) atoms. The van der Waals surface area contributed by atoms with Crippen LogP contribution in [0.15, 0.2) is 18.2 Å². The van der Waals surface area contributed by atoms with Crippen molar-refractivity contribution >= 4 is 27.1 Å². The number of hydrogen-bond acceptors (Lipinski definition) is 7. The van der Waals surface area contributed by atoms with Crippen molar-refractivity contribution in [2.24, 2.45) is 5.73 Å². The summed E-state index contributed by atoms with van der Waals surface area (Å²) in [5.74, 6) is -0.504. The van der Waals surface area contributed by atoms with Crippen LogP contribution in [0.2, 0.25) is 0 Å². The third-order valence-corrected chi connectivity index (χ3v) is 7.04. The second-order valence-electron chi connectivity index (χ2n) is 7.33. The van der Waals surface area contributed by atoms with Gasteiger partial charge in [-0.3, -0.25) is 19.6 Å². The van der Waals surface area contributed by atoms with E-state index in [0.29, 0.717) is 18.7 Å². The molecule has 0 bridgehead atoms. The zero-order valence-corrected chi connectivity index (χ0v) is 17.3. The minimum absolute atomic E-state index is 0.0662.